The molecule has 1 aromatic carbocycles. The van der Waals surface area contributed by atoms with Gasteiger partial charge in [0.25, 0.3) is 0 Å². The predicted octanol–water partition coefficient (Wildman–Crippen LogP) is 4.87. The monoisotopic (exact) mass is 326 g/mol. The van der Waals surface area contributed by atoms with Gasteiger partial charge in [-0.05, 0) is 49.6 Å². The Morgan fingerprint density at radius 2 is 1.88 bits per heavy atom. The van der Waals surface area contributed by atoms with Gasteiger partial charge in [-0.25, -0.2) is 0 Å². The predicted molar refractivity (Wildman–Crippen MR) is 99.3 cm³/mol. The van der Waals surface area contributed by atoms with Gasteiger partial charge in [0.05, 0.1) is 11.2 Å². The minimum atomic E-state index is 0.577. The van der Waals surface area contributed by atoms with Crippen molar-refractivity contribution in [3.63, 3.8) is 0 Å². The Morgan fingerprint density at radius 1 is 1.00 bits per heavy atom. The van der Waals surface area contributed by atoms with Gasteiger partial charge in [0.15, 0.2) is 0 Å². The minimum absolute atomic E-state index is 0.577. The molecule has 4 nitrogen and oxygen atoms in total. The number of para-hydroxylation sites is 1. The van der Waals surface area contributed by atoms with Gasteiger partial charge < -0.3 is 0 Å². The average molecular weight is 326 g/mol. The SMILES string of the molecule is Cc1cccc(-c2n[nH]c(C3CC3)c2-c2ccnc3ccccc23)n1. The van der Waals surface area contributed by atoms with Gasteiger partial charge in [-0.15, -0.1) is 0 Å². The Morgan fingerprint density at radius 3 is 2.72 bits per heavy atom. The van der Waals surface area contributed by atoms with E-state index in [4.69, 9.17) is 4.98 Å². The molecule has 1 aliphatic carbocycles. The van der Waals surface area contributed by atoms with Crippen LogP contribution in [0.3, 0.4) is 0 Å². The maximum absolute atomic E-state index is 4.70. The van der Waals surface area contributed by atoms with Gasteiger partial charge in [-0.2, -0.15) is 5.10 Å². The summed E-state index contributed by atoms with van der Waals surface area (Å²) in [5.41, 5.74) is 7.44. The summed E-state index contributed by atoms with van der Waals surface area (Å²) < 4.78 is 0. The molecule has 0 spiro atoms. The van der Waals surface area contributed by atoms with E-state index in [1.165, 1.54) is 29.7 Å². The van der Waals surface area contributed by atoms with Gasteiger partial charge in [0.1, 0.15) is 5.69 Å². The van der Waals surface area contributed by atoms with Crippen molar-refractivity contribution in [2.45, 2.75) is 25.7 Å². The summed E-state index contributed by atoms with van der Waals surface area (Å²) in [5, 5.41) is 9.13. The first-order valence-electron chi connectivity index (χ1n) is 8.67. The van der Waals surface area contributed by atoms with Crippen molar-refractivity contribution in [2.75, 3.05) is 0 Å². The summed E-state index contributed by atoms with van der Waals surface area (Å²) in [5.74, 6) is 0.577. The number of fused-ring (bicyclic) bond motifs is 1. The molecule has 1 N–H and O–H groups in total. The molecule has 122 valence electrons. The lowest BCUT2D eigenvalue weighted by Crippen LogP contribution is -1.92. The van der Waals surface area contributed by atoms with E-state index in [2.05, 4.69) is 39.4 Å². The molecule has 3 heterocycles. The average Bonchev–Trinajstić information content (AvgIpc) is 3.40. The topological polar surface area (TPSA) is 54.5 Å². The van der Waals surface area contributed by atoms with Crippen LogP contribution in [0.5, 0.6) is 0 Å². The summed E-state index contributed by atoms with van der Waals surface area (Å²) in [6, 6.07) is 16.5. The summed E-state index contributed by atoms with van der Waals surface area (Å²) in [7, 11) is 0. The van der Waals surface area contributed by atoms with E-state index in [9.17, 15) is 0 Å². The quantitative estimate of drug-likeness (QED) is 0.584. The van der Waals surface area contributed by atoms with Crippen molar-refractivity contribution < 1.29 is 0 Å². The van der Waals surface area contributed by atoms with Gasteiger partial charge >= 0.3 is 0 Å². The fourth-order valence-corrected chi connectivity index (χ4v) is 3.47. The van der Waals surface area contributed by atoms with Crippen molar-refractivity contribution >= 4 is 10.9 Å². The molecule has 3 aromatic heterocycles. The number of aromatic amines is 1. The number of pyridine rings is 2. The van der Waals surface area contributed by atoms with E-state index in [0.29, 0.717) is 5.92 Å². The lowest BCUT2D eigenvalue weighted by molar-refractivity contribution is 0.966. The molecule has 0 unspecified atom stereocenters. The van der Waals surface area contributed by atoms with Crippen molar-refractivity contribution in [2.24, 2.45) is 0 Å². The largest absolute Gasteiger partial charge is 0.281 e. The zero-order valence-electron chi connectivity index (χ0n) is 14.0. The number of hydrogen-bond donors (Lipinski definition) is 1. The first-order valence-corrected chi connectivity index (χ1v) is 8.67. The highest BCUT2D eigenvalue weighted by Gasteiger charge is 2.31. The summed E-state index contributed by atoms with van der Waals surface area (Å²) in [6.07, 6.45) is 4.33. The van der Waals surface area contributed by atoms with Crippen LogP contribution in [0, 0.1) is 6.92 Å². The molecule has 1 saturated carbocycles. The smallest absolute Gasteiger partial charge is 0.119 e. The molecule has 0 radical (unpaired) electrons. The number of benzene rings is 1. The zero-order valence-corrected chi connectivity index (χ0v) is 14.0. The van der Waals surface area contributed by atoms with Gasteiger partial charge in [-0.3, -0.25) is 15.1 Å². The Kier molecular flexibility index (Phi) is 3.17. The van der Waals surface area contributed by atoms with Crippen LogP contribution < -0.4 is 0 Å². The normalized spacial score (nSPS) is 14.1. The lowest BCUT2D eigenvalue weighted by atomic mass is 9.96. The van der Waals surface area contributed by atoms with Gasteiger partial charge in [0.2, 0.25) is 0 Å². The van der Waals surface area contributed by atoms with Crippen LogP contribution in [0.2, 0.25) is 0 Å². The molecule has 0 amide bonds. The van der Waals surface area contributed by atoms with E-state index in [1.807, 2.05) is 37.4 Å². The van der Waals surface area contributed by atoms with Crippen LogP contribution in [0.25, 0.3) is 33.4 Å². The summed E-state index contributed by atoms with van der Waals surface area (Å²) >= 11 is 0. The van der Waals surface area contributed by atoms with Crippen LogP contribution in [0.1, 0.15) is 30.1 Å². The maximum atomic E-state index is 4.70. The molecular formula is C21H18N4. The first kappa shape index (κ1) is 14.3. The van der Waals surface area contributed by atoms with Crippen molar-refractivity contribution in [3.8, 4) is 22.5 Å². The number of nitrogens with one attached hydrogen (secondary N) is 1. The zero-order chi connectivity index (χ0) is 16.8. The Hall–Kier alpha value is -3.01. The Labute approximate surface area is 146 Å². The van der Waals surface area contributed by atoms with Gasteiger partial charge in [-0.1, -0.05) is 24.3 Å². The highest BCUT2D eigenvalue weighted by atomic mass is 15.1. The molecule has 4 heteroatoms. The van der Waals surface area contributed by atoms with E-state index in [0.717, 1.165) is 28.0 Å². The van der Waals surface area contributed by atoms with E-state index >= 15 is 0 Å². The van der Waals surface area contributed by atoms with Crippen LogP contribution in [0.4, 0.5) is 0 Å². The molecular weight excluding hydrogens is 308 g/mol. The second kappa shape index (κ2) is 5.52. The minimum Gasteiger partial charge on any atom is -0.281 e. The second-order valence-electron chi connectivity index (χ2n) is 6.68. The standard InChI is InChI=1S/C21H18N4/c1-13-5-4-8-18(23-13)21-19(20(24-25-21)14-9-10-14)16-11-12-22-17-7-3-2-6-15(16)17/h2-8,11-12,14H,9-10H2,1H3,(H,24,25). The third-order valence-corrected chi connectivity index (χ3v) is 4.83. The third kappa shape index (κ3) is 2.41. The molecule has 5 rings (SSSR count). The molecule has 0 saturated heterocycles. The summed E-state index contributed by atoms with van der Waals surface area (Å²) in [4.78, 5) is 9.22. The van der Waals surface area contributed by atoms with Gasteiger partial charge in [0, 0.05) is 34.5 Å². The van der Waals surface area contributed by atoms with E-state index < -0.39 is 0 Å². The third-order valence-electron chi connectivity index (χ3n) is 4.83. The van der Waals surface area contributed by atoms with Crippen LogP contribution in [0.15, 0.2) is 54.7 Å². The molecule has 4 aromatic rings. The first-order chi connectivity index (χ1) is 12.3. The molecule has 25 heavy (non-hydrogen) atoms. The highest BCUT2D eigenvalue weighted by molar-refractivity contribution is 5.98. The fraction of sp³-hybridized carbons (Fsp3) is 0.190. The number of aromatic nitrogens is 4. The molecule has 0 atom stereocenters. The molecule has 0 bridgehead atoms. The molecule has 0 aliphatic heterocycles. The van der Waals surface area contributed by atoms with E-state index in [-0.39, 0.29) is 0 Å². The number of rotatable bonds is 3. The van der Waals surface area contributed by atoms with Crippen molar-refractivity contribution in [3.05, 3.63) is 66.1 Å². The summed E-state index contributed by atoms with van der Waals surface area (Å²) in [6.45, 7) is 2.01. The number of hydrogen-bond acceptors (Lipinski definition) is 3. The van der Waals surface area contributed by atoms with Crippen LogP contribution in [-0.4, -0.2) is 20.2 Å². The lowest BCUT2D eigenvalue weighted by Gasteiger charge is -2.09. The van der Waals surface area contributed by atoms with Crippen LogP contribution in [-0.2, 0) is 0 Å². The Balaban J connectivity index is 1.81. The fourth-order valence-electron chi connectivity index (χ4n) is 3.47. The van der Waals surface area contributed by atoms with Crippen molar-refractivity contribution in [1.82, 2.24) is 20.2 Å². The highest BCUT2D eigenvalue weighted by Crippen LogP contribution is 2.47. The molecule has 1 fully saturated rings. The van der Waals surface area contributed by atoms with Crippen molar-refractivity contribution in [1.29, 1.82) is 0 Å². The maximum Gasteiger partial charge on any atom is 0.119 e. The number of nitrogens with zero attached hydrogens (tertiary/aromatic N) is 3. The van der Waals surface area contributed by atoms with Crippen LogP contribution >= 0.6 is 0 Å². The number of H-pyrrole nitrogens is 1. The second-order valence-corrected chi connectivity index (χ2v) is 6.68. The van der Waals surface area contributed by atoms with E-state index in [1.54, 1.807) is 0 Å². The number of aryl methyl sites for hydroxylation is 1. The molecule has 1 aliphatic rings. The Bertz CT molecular complexity index is 1070.